The van der Waals surface area contributed by atoms with Crippen LogP contribution in [-0.2, 0) is 22.2 Å². The van der Waals surface area contributed by atoms with E-state index >= 15 is 0 Å². The van der Waals surface area contributed by atoms with Crippen molar-refractivity contribution in [3.05, 3.63) is 59.8 Å². The van der Waals surface area contributed by atoms with E-state index in [0.29, 0.717) is 18.5 Å². The van der Waals surface area contributed by atoms with E-state index in [1.807, 2.05) is 75.6 Å². The summed E-state index contributed by atoms with van der Waals surface area (Å²) in [4.78, 5) is 24.4. The van der Waals surface area contributed by atoms with Crippen LogP contribution in [0.15, 0.2) is 48.7 Å². The summed E-state index contributed by atoms with van der Waals surface area (Å²) in [7, 11) is 0. The number of rotatable bonds is 8. The Morgan fingerprint density at radius 2 is 1.71 bits per heavy atom. The number of amides is 2. The van der Waals surface area contributed by atoms with E-state index in [2.05, 4.69) is 16.7 Å². The minimum Gasteiger partial charge on any atom is -0.444 e. The number of ether oxygens (including phenoxy) is 1. The molecule has 0 spiro atoms. The Hall–Kier alpha value is -3.17. The van der Waals surface area contributed by atoms with Crippen LogP contribution in [0.4, 0.5) is 4.79 Å². The number of carbonyl (C=O) groups is 2. The van der Waals surface area contributed by atoms with E-state index in [4.69, 9.17) is 9.29 Å². The zero-order valence-corrected chi connectivity index (χ0v) is 21.6. The summed E-state index contributed by atoms with van der Waals surface area (Å²) in [5.41, 5.74) is 4.01. The fraction of sp³-hybridized carbons (Fsp3) is 0.385. The summed E-state index contributed by atoms with van der Waals surface area (Å²) in [5, 5.41) is 6.05. The molecule has 0 aliphatic heterocycles. The maximum atomic E-state index is 12.6. The van der Waals surface area contributed by atoms with Crippen molar-refractivity contribution >= 4 is 34.0 Å². The lowest BCUT2D eigenvalue weighted by atomic mass is 10.0. The standard InChI is InChI=1S/C26H33N3O5S/c1-17(2)29-15-22(24(30)28-16-35(32)33)21-11-10-20(14-23(21)29)19-8-6-18(7-9-19)12-13-27-25(31)34-26(3,4)5/h6-11,14-15,17H,12-13,16H2,1-5H3,(H,27,31)(H,28,30)(H,32,33). The van der Waals surface area contributed by atoms with Crippen LogP contribution in [-0.4, -0.2) is 43.4 Å². The molecule has 35 heavy (non-hydrogen) atoms. The number of hydrogen-bond acceptors (Lipinski definition) is 4. The topological polar surface area (TPSA) is 110 Å². The van der Waals surface area contributed by atoms with Gasteiger partial charge in [0.15, 0.2) is 11.1 Å². The average molecular weight is 500 g/mol. The highest BCUT2D eigenvalue weighted by Crippen LogP contribution is 2.30. The second-order valence-corrected chi connectivity index (χ2v) is 10.6. The molecular weight excluding hydrogens is 466 g/mol. The number of aromatic nitrogens is 1. The van der Waals surface area contributed by atoms with Crippen LogP contribution in [0.5, 0.6) is 0 Å². The van der Waals surface area contributed by atoms with Gasteiger partial charge in [-0.3, -0.25) is 4.79 Å². The van der Waals surface area contributed by atoms with Gasteiger partial charge in [0.1, 0.15) is 11.5 Å². The van der Waals surface area contributed by atoms with Gasteiger partial charge >= 0.3 is 6.09 Å². The first-order valence-electron chi connectivity index (χ1n) is 11.5. The Kier molecular flexibility index (Phi) is 8.34. The van der Waals surface area contributed by atoms with Gasteiger partial charge in [0, 0.05) is 29.7 Å². The van der Waals surface area contributed by atoms with Crippen LogP contribution in [0, 0.1) is 0 Å². The third-order valence-electron chi connectivity index (χ3n) is 5.36. The Morgan fingerprint density at radius 1 is 1.06 bits per heavy atom. The number of fused-ring (bicyclic) bond motifs is 1. The zero-order chi connectivity index (χ0) is 25.8. The van der Waals surface area contributed by atoms with Crippen LogP contribution in [0.1, 0.15) is 56.6 Å². The molecule has 1 heterocycles. The van der Waals surface area contributed by atoms with Crippen molar-refractivity contribution in [3.8, 4) is 11.1 Å². The highest BCUT2D eigenvalue weighted by molar-refractivity contribution is 7.79. The fourth-order valence-electron chi connectivity index (χ4n) is 3.75. The molecule has 0 radical (unpaired) electrons. The number of hydrogen-bond donors (Lipinski definition) is 3. The Morgan fingerprint density at radius 3 is 2.31 bits per heavy atom. The van der Waals surface area contributed by atoms with Gasteiger partial charge in [0.2, 0.25) is 0 Å². The van der Waals surface area contributed by atoms with E-state index in [1.165, 1.54) is 0 Å². The summed E-state index contributed by atoms with van der Waals surface area (Å²) in [6, 6.07) is 14.2. The molecule has 1 atom stereocenters. The molecule has 0 fully saturated rings. The fourth-order valence-corrected chi connectivity index (χ4v) is 4.00. The molecule has 0 bridgehead atoms. The lowest BCUT2D eigenvalue weighted by molar-refractivity contribution is 0.0528. The maximum absolute atomic E-state index is 12.6. The summed E-state index contributed by atoms with van der Waals surface area (Å²) < 4.78 is 27.2. The molecule has 1 unspecified atom stereocenters. The van der Waals surface area contributed by atoms with Crippen molar-refractivity contribution in [3.63, 3.8) is 0 Å². The van der Waals surface area contributed by atoms with Gasteiger partial charge in [-0.15, -0.1) is 0 Å². The van der Waals surface area contributed by atoms with Crippen molar-refractivity contribution in [1.29, 1.82) is 0 Å². The first kappa shape index (κ1) is 26.4. The van der Waals surface area contributed by atoms with Crippen LogP contribution in [0.2, 0.25) is 0 Å². The van der Waals surface area contributed by atoms with Crippen molar-refractivity contribution in [2.24, 2.45) is 0 Å². The number of alkyl carbamates (subject to hydrolysis) is 1. The van der Waals surface area contributed by atoms with Gasteiger partial charge in [-0.2, -0.15) is 0 Å². The lowest BCUT2D eigenvalue weighted by Gasteiger charge is -2.19. The molecule has 9 heteroatoms. The third-order valence-corrected chi connectivity index (χ3v) is 5.75. The molecule has 2 aromatic carbocycles. The maximum Gasteiger partial charge on any atom is 0.407 e. The molecule has 2 amide bonds. The van der Waals surface area contributed by atoms with Crippen molar-refractivity contribution in [2.75, 3.05) is 12.4 Å². The average Bonchev–Trinajstić information content (AvgIpc) is 3.16. The van der Waals surface area contributed by atoms with Gasteiger partial charge in [-0.05, 0) is 63.8 Å². The van der Waals surface area contributed by atoms with E-state index < -0.39 is 22.8 Å². The molecule has 8 nitrogen and oxygen atoms in total. The second kappa shape index (κ2) is 11.0. The Balaban J connectivity index is 1.76. The van der Waals surface area contributed by atoms with Crippen LogP contribution < -0.4 is 10.6 Å². The highest BCUT2D eigenvalue weighted by Gasteiger charge is 2.18. The van der Waals surface area contributed by atoms with Gasteiger partial charge in [0.25, 0.3) is 5.91 Å². The highest BCUT2D eigenvalue weighted by atomic mass is 32.2. The minimum absolute atomic E-state index is 0.126. The minimum atomic E-state index is -2.10. The molecule has 1 aromatic heterocycles. The smallest absolute Gasteiger partial charge is 0.407 e. The summed E-state index contributed by atoms with van der Waals surface area (Å²) in [5.74, 6) is -0.695. The van der Waals surface area contributed by atoms with Gasteiger partial charge in [0.05, 0.1) is 5.56 Å². The van der Waals surface area contributed by atoms with Crippen LogP contribution in [0.25, 0.3) is 22.0 Å². The second-order valence-electron chi connectivity index (χ2n) is 9.62. The molecule has 3 aromatic rings. The summed E-state index contributed by atoms with van der Waals surface area (Å²) in [6.07, 6.45) is 2.05. The number of benzene rings is 2. The first-order chi connectivity index (χ1) is 16.4. The molecule has 0 aliphatic rings. The normalized spacial score (nSPS) is 12.5. The molecule has 188 valence electrons. The van der Waals surface area contributed by atoms with Gasteiger partial charge in [-0.1, -0.05) is 36.4 Å². The number of nitrogens with one attached hydrogen (secondary N) is 2. The molecule has 0 saturated carbocycles. The Labute approximate surface area is 208 Å². The van der Waals surface area contributed by atoms with Gasteiger partial charge in [-0.25, -0.2) is 9.00 Å². The first-order valence-corrected chi connectivity index (χ1v) is 12.8. The molecule has 3 rings (SSSR count). The van der Waals surface area contributed by atoms with E-state index in [1.54, 1.807) is 6.20 Å². The largest absolute Gasteiger partial charge is 0.444 e. The quantitative estimate of drug-likeness (QED) is 0.383. The van der Waals surface area contributed by atoms with Crippen LogP contribution in [0.3, 0.4) is 0 Å². The monoisotopic (exact) mass is 499 g/mol. The summed E-state index contributed by atoms with van der Waals surface area (Å²) >= 11 is -2.10. The SMILES string of the molecule is CC(C)n1cc(C(=O)NCS(=O)O)c2ccc(-c3ccc(CCNC(=O)OC(C)(C)C)cc3)cc21. The predicted octanol–water partition coefficient (Wildman–Crippen LogP) is 4.87. The lowest BCUT2D eigenvalue weighted by Crippen LogP contribution is -2.33. The van der Waals surface area contributed by atoms with Crippen molar-refractivity contribution in [1.82, 2.24) is 15.2 Å². The van der Waals surface area contributed by atoms with E-state index in [-0.39, 0.29) is 17.8 Å². The van der Waals surface area contributed by atoms with Crippen molar-refractivity contribution in [2.45, 2.75) is 52.7 Å². The molecular formula is C26H33N3O5S. The van der Waals surface area contributed by atoms with E-state index in [0.717, 1.165) is 27.6 Å². The summed E-state index contributed by atoms with van der Waals surface area (Å²) in [6.45, 7) is 10.1. The number of carbonyl (C=O) groups excluding carboxylic acids is 2. The van der Waals surface area contributed by atoms with Crippen LogP contribution >= 0.6 is 0 Å². The predicted molar refractivity (Wildman–Crippen MR) is 139 cm³/mol. The van der Waals surface area contributed by atoms with Gasteiger partial charge < -0.3 is 24.5 Å². The molecule has 0 aliphatic carbocycles. The third kappa shape index (κ3) is 7.16. The number of nitrogens with zero attached hydrogens (tertiary/aromatic N) is 1. The molecule has 0 saturated heterocycles. The Bertz CT molecular complexity index is 1230. The molecule has 3 N–H and O–H groups in total. The zero-order valence-electron chi connectivity index (χ0n) is 20.8. The van der Waals surface area contributed by atoms with Crippen molar-refractivity contribution < 1.29 is 23.1 Å². The van der Waals surface area contributed by atoms with E-state index in [9.17, 15) is 13.8 Å².